The molecule has 0 aliphatic heterocycles. The van der Waals surface area contributed by atoms with Gasteiger partial charge >= 0.3 is 0 Å². The van der Waals surface area contributed by atoms with E-state index in [0.717, 1.165) is 45.6 Å². The Balaban J connectivity index is 2.12. The lowest BCUT2D eigenvalue weighted by molar-refractivity contribution is 0.0458. The second-order valence-electron chi connectivity index (χ2n) is 5.90. The molecule has 0 aliphatic carbocycles. The number of hydrogen-bond acceptors (Lipinski definition) is 6. The summed E-state index contributed by atoms with van der Waals surface area (Å²) < 4.78 is 26.9. The van der Waals surface area contributed by atoms with Gasteiger partial charge in [0.05, 0.1) is 12.6 Å². The summed E-state index contributed by atoms with van der Waals surface area (Å²) in [6.07, 6.45) is 0.798. The van der Waals surface area contributed by atoms with Crippen molar-refractivity contribution in [2.24, 2.45) is 0 Å². The molecule has 1 aromatic heterocycles. The molecule has 3 aromatic rings. The first-order valence-electron chi connectivity index (χ1n) is 8.64. The maximum Gasteiger partial charge on any atom is 0.188 e. The number of H-pyrrole nitrogens is 1. The molecule has 7 nitrogen and oxygen atoms in total. The number of aromatic amines is 1. The van der Waals surface area contributed by atoms with Crippen molar-refractivity contribution < 1.29 is 23.7 Å². The second kappa shape index (κ2) is 8.75. The van der Waals surface area contributed by atoms with E-state index in [4.69, 9.17) is 23.7 Å². The van der Waals surface area contributed by atoms with Crippen LogP contribution in [0, 0.1) is 0 Å². The Morgan fingerprint density at radius 3 is 2.33 bits per heavy atom. The van der Waals surface area contributed by atoms with E-state index in [1.807, 2.05) is 30.3 Å². The Bertz CT molecular complexity index is 907. The highest BCUT2D eigenvalue weighted by Gasteiger charge is 2.18. The van der Waals surface area contributed by atoms with Crippen molar-refractivity contribution in [3.63, 3.8) is 0 Å². The van der Waals surface area contributed by atoms with Gasteiger partial charge < -0.3 is 23.7 Å². The van der Waals surface area contributed by atoms with Crippen LogP contribution in [0.3, 0.4) is 0 Å². The quantitative estimate of drug-likeness (QED) is 0.577. The molecular formula is C20H24N2O5. The third-order valence-electron chi connectivity index (χ3n) is 4.23. The van der Waals surface area contributed by atoms with Crippen molar-refractivity contribution in [1.29, 1.82) is 0 Å². The number of aryl methyl sites for hydroxylation is 1. The molecule has 3 rings (SSSR count). The topological polar surface area (TPSA) is 74.8 Å². The van der Waals surface area contributed by atoms with Gasteiger partial charge in [-0.1, -0.05) is 6.92 Å². The predicted octanol–water partition coefficient (Wildman–Crippen LogP) is 3.77. The normalized spacial score (nSPS) is 11.0. The third kappa shape index (κ3) is 3.99. The molecule has 0 radical (unpaired) electrons. The fourth-order valence-electron chi connectivity index (χ4n) is 2.90. The fourth-order valence-corrected chi connectivity index (χ4v) is 2.90. The monoisotopic (exact) mass is 372 g/mol. The fraction of sp³-hybridized carbons (Fsp3) is 0.350. The van der Waals surface area contributed by atoms with Gasteiger partial charge in [-0.15, -0.1) is 0 Å². The maximum atomic E-state index is 5.80. The van der Waals surface area contributed by atoms with Crippen LogP contribution in [0.2, 0.25) is 0 Å². The first-order valence-corrected chi connectivity index (χ1v) is 8.64. The minimum absolute atomic E-state index is 0.123. The van der Waals surface area contributed by atoms with Crippen LogP contribution in [0.4, 0.5) is 0 Å². The minimum atomic E-state index is 0.123. The van der Waals surface area contributed by atoms with Crippen LogP contribution in [-0.4, -0.2) is 45.1 Å². The van der Waals surface area contributed by atoms with Crippen molar-refractivity contribution in [1.82, 2.24) is 10.2 Å². The van der Waals surface area contributed by atoms with Crippen molar-refractivity contribution in [2.45, 2.75) is 13.3 Å². The van der Waals surface area contributed by atoms with E-state index in [9.17, 15) is 0 Å². The molecule has 2 aromatic carbocycles. The van der Waals surface area contributed by atoms with Gasteiger partial charge in [-0.25, -0.2) is 0 Å². The average molecular weight is 372 g/mol. The molecule has 7 heteroatoms. The molecule has 0 unspecified atom stereocenters. The number of rotatable bonds is 9. The standard InChI is InChI=1S/C20H24N2O5/c1-5-13-8-16(19(27-12-24-3)10-18(13)26-11-23-2)20-15-7-6-14(25-4)9-17(15)21-22-20/h6-10H,5,11-12H2,1-4H3,(H,21,22). The van der Waals surface area contributed by atoms with Gasteiger partial charge in [0.25, 0.3) is 0 Å². The predicted molar refractivity (Wildman–Crippen MR) is 102 cm³/mol. The SMILES string of the molecule is CCc1cc(-c2n[nH]c3cc(OC)ccc23)c(OCOC)cc1OCOC. The van der Waals surface area contributed by atoms with Crippen molar-refractivity contribution >= 4 is 10.9 Å². The Morgan fingerprint density at radius 1 is 0.926 bits per heavy atom. The zero-order chi connectivity index (χ0) is 19.2. The first-order chi connectivity index (χ1) is 13.2. The second-order valence-corrected chi connectivity index (χ2v) is 5.90. The summed E-state index contributed by atoms with van der Waals surface area (Å²) in [5.74, 6) is 2.12. The highest BCUT2D eigenvalue weighted by atomic mass is 16.7. The van der Waals surface area contributed by atoms with Crippen LogP contribution in [-0.2, 0) is 15.9 Å². The van der Waals surface area contributed by atoms with Crippen molar-refractivity contribution in [3.05, 3.63) is 35.9 Å². The van der Waals surface area contributed by atoms with Crippen molar-refractivity contribution in [3.8, 4) is 28.5 Å². The van der Waals surface area contributed by atoms with Crippen LogP contribution in [0.5, 0.6) is 17.2 Å². The Hall–Kier alpha value is -2.77. The number of benzene rings is 2. The highest BCUT2D eigenvalue weighted by molar-refractivity contribution is 5.95. The molecule has 0 bridgehead atoms. The van der Waals surface area contributed by atoms with Crippen LogP contribution in [0.1, 0.15) is 12.5 Å². The number of aromatic nitrogens is 2. The molecule has 144 valence electrons. The molecular weight excluding hydrogens is 348 g/mol. The lowest BCUT2D eigenvalue weighted by Crippen LogP contribution is -2.05. The van der Waals surface area contributed by atoms with E-state index in [0.29, 0.717) is 5.75 Å². The van der Waals surface area contributed by atoms with Gasteiger partial charge in [-0.2, -0.15) is 5.10 Å². The zero-order valence-electron chi connectivity index (χ0n) is 16.0. The van der Waals surface area contributed by atoms with Crippen molar-refractivity contribution in [2.75, 3.05) is 34.9 Å². The number of methoxy groups -OCH3 is 3. The lowest BCUT2D eigenvalue weighted by Gasteiger charge is -2.16. The summed E-state index contributed by atoms with van der Waals surface area (Å²) in [5, 5.41) is 8.55. The molecule has 0 saturated heterocycles. The number of ether oxygens (including phenoxy) is 5. The molecule has 0 amide bonds. The summed E-state index contributed by atoms with van der Waals surface area (Å²) in [6.45, 7) is 2.36. The number of nitrogens with zero attached hydrogens (tertiary/aromatic N) is 1. The molecule has 27 heavy (non-hydrogen) atoms. The Labute approximate surface area is 158 Å². The van der Waals surface area contributed by atoms with E-state index in [1.165, 1.54) is 0 Å². The minimum Gasteiger partial charge on any atom is -0.497 e. The largest absolute Gasteiger partial charge is 0.497 e. The molecule has 0 saturated carbocycles. The van der Waals surface area contributed by atoms with Crippen LogP contribution in [0.15, 0.2) is 30.3 Å². The first kappa shape index (κ1) is 19.0. The zero-order valence-corrected chi connectivity index (χ0v) is 16.0. The summed E-state index contributed by atoms with van der Waals surface area (Å²) >= 11 is 0. The number of hydrogen-bond donors (Lipinski definition) is 1. The van der Waals surface area contributed by atoms with Gasteiger partial charge in [-0.05, 0) is 30.2 Å². The number of fused-ring (bicyclic) bond motifs is 1. The van der Waals surface area contributed by atoms with Crippen LogP contribution in [0.25, 0.3) is 22.2 Å². The molecule has 0 spiro atoms. The van der Waals surface area contributed by atoms with Gasteiger partial charge in [-0.3, -0.25) is 5.10 Å². The van der Waals surface area contributed by atoms with Crippen LogP contribution >= 0.6 is 0 Å². The van der Waals surface area contributed by atoms with E-state index in [2.05, 4.69) is 17.1 Å². The highest BCUT2D eigenvalue weighted by Crippen LogP contribution is 2.39. The Kier molecular flexibility index (Phi) is 6.16. The van der Waals surface area contributed by atoms with Gasteiger partial charge in [0.15, 0.2) is 13.6 Å². The molecule has 1 N–H and O–H groups in total. The van der Waals surface area contributed by atoms with E-state index < -0.39 is 0 Å². The third-order valence-corrected chi connectivity index (χ3v) is 4.23. The molecule has 0 atom stereocenters. The summed E-state index contributed by atoms with van der Waals surface area (Å²) in [7, 11) is 4.81. The molecule has 1 heterocycles. The summed E-state index contributed by atoms with van der Waals surface area (Å²) in [6, 6.07) is 9.70. The lowest BCUT2D eigenvalue weighted by atomic mass is 10.0. The maximum absolute atomic E-state index is 5.80. The van der Waals surface area contributed by atoms with Gasteiger partial charge in [0.2, 0.25) is 0 Å². The Morgan fingerprint density at radius 2 is 1.67 bits per heavy atom. The van der Waals surface area contributed by atoms with E-state index in [1.54, 1.807) is 21.3 Å². The molecule has 0 fully saturated rings. The summed E-state index contributed by atoms with van der Waals surface area (Å²) in [4.78, 5) is 0. The van der Waals surface area contributed by atoms with Crippen LogP contribution < -0.4 is 14.2 Å². The van der Waals surface area contributed by atoms with E-state index in [-0.39, 0.29) is 13.6 Å². The number of nitrogens with one attached hydrogen (secondary N) is 1. The molecule has 0 aliphatic rings. The van der Waals surface area contributed by atoms with Gasteiger partial charge in [0.1, 0.15) is 22.9 Å². The van der Waals surface area contributed by atoms with Gasteiger partial charge in [0, 0.05) is 37.3 Å². The van der Waals surface area contributed by atoms with E-state index >= 15 is 0 Å². The average Bonchev–Trinajstić information content (AvgIpc) is 3.13. The summed E-state index contributed by atoms with van der Waals surface area (Å²) in [5.41, 5.74) is 3.59. The smallest absolute Gasteiger partial charge is 0.188 e.